The fourth-order valence-corrected chi connectivity index (χ4v) is 2.18. The van der Waals surface area contributed by atoms with Gasteiger partial charge in [-0.1, -0.05) is 36.3 Å². The van der Waals surface area contributed by atoms with Crippen molar-refractivity contribution >= 4 is 5.97 Å². The highest BCUT2D eigenvalue weighted by molar-refractivity contribution is 5.90. The molecule has 3 aromatic rings. The van der Waals surface area contributed by atoms with E-state index in [1.807, 2.05) is 30.3 Å². The number of aromatic nitrogens is 4. The molecule has 0 aliphatic rings. The van der Waals surface area contributed by atoms with Crippen LogP contribution in [0.5, 0.6) is 5.75 Å². The highest BCUT2D eigenvalue weighted by Gasteiger charge is 2.15. The van der Waals surface area contributed by atoms with E-state index >= 15 is 0 Å². The van der Waals surface area contributed by atoms with Crippen molar-refractivity contribution in [3.8, 4) is 35.2 Å². The second-order valence-electron chi connectivity index (χ2n) is 4.94. The summed E-state index contributed by atoms with van der Waals surface area (Å²) in [6, 6.07) is 14.2. The van der Waals surface area contributed by atoms with Gasteiger partial charge in [-0.05, 0) is 23.4 Å². The number of methoxy groups -OCH3 is 1. The first kappa shape index (κ1) is 16.2. The van der Waals surface area contributed by atoms with Crippen molar-refractivity contribution in [3.63, 3.8) is 0 Å². The zero-order valence-corrected chi connectivity index (χ0v) is 13.4. The van der Waals surface area contributed by atoms with Crippen LogP contribution in [0, 0.1) is 12.3 Å². The molecule has 25 heavy (non-hydrogen) atoms. The fraction of sp³-hybridized carbons (Fsp3) is 0.111. The van der Waals surface area contributed by atoms with Crippen LogP contribution in [-0.4, -0.2) is 39.9 Å². The third-order valence-electron chi connectivity index (χ3n) is 3.35. The van der Waals surface area contributed by atoms with Gasteiger partial charge < -0.3 is 9.47 Å². The van der Waals surface area contributed by atoms with Crippen LogP contribution in [0.15, 0.2) is 48.5 Å². The van der Waals surface area contributed by atoms with Gasteiger partial charge in [-0.2, -0.15) is 0 Å². The van der Waals surface area contributed by atoms with E-state index in [-0.39, 0.29) is 6.61 Å². The van der Waals surface area contributed by atoms with Gasteiger partial charge in [-0.25, -0.2) is 4.79 Å². The third kappa shape index (κ3) is 3.48. The smallest absolute Gasteiger partial charge is 0.337 e. The summed E-state index contributed by atoms with van der Waals surface area (Å²) in [6.07, 6.45) is 5.25. The Morgan fingerprint density at radius 2 is 2.04 bits per heavy atom. The number of nitrogens with zero attached hydrogens (tertiary/aromatic N) is 4. The number of benzene rings is 2. The number of hydrogen-bond acceptors (Lipinski definition) is 6. The van der Waals surface area contributed by atoms with Gasteiger partial charge in [0.05, 0.1) is 12.7 Å². The summed E-state index contributed by atoms with van der Waals surface area (Å²) in [6.45, 7) is 0.0395. The van der Waals surface area contributed by atoms with E-state index in [1.54, 1.807) is 12.1 Å². The quantitative estimate of drug-likeness (QED) is 0.525. The van der Waals surface area contributed by atoms with Crippen LogP contribution in [0.1, 0.15) is 10.4 Å². The predicted octanol–water partition coefficient (Wildman–Crippen LogP) is 2.13. The first-order valence-electron chi connectivity index (χ1n) is 7.37. The van der Waals surface area contributed by atoms with E-state index in [4.69, 9.17) is 15.9 Å². The number of carbonyl (C=O) groups excluding carboxylic acids is 1. The van der Waals surface area contributed by atoms with Gasteiger partial charge in [0.25, 0.3) is 0 Å². The Kier molecular flexibility index (Phi) is 4.72. The van der Waals surface area contributed by atoms with E-state index in [2.05, 4.69) is 21.3 Å². The van der Waals surface area contributed by atoms with Crippen molar-refractivity contribution in [2.24, 2.45) is 0 Å². The van der Waals surface area contributed by atoms with Crippen molar-refractivity contribution in [3.05, 3.63) is 54.1 Å². The molecule has 1 aromatic heterocycles. The molecule has 0 aliphatic carbocycles. The van der Waals surface area contributed by atoms with E-state index in [0.29, 0.717) is 22.8 Å². The molecule has 2 aromatic carbocycles. The van der Waals surface area contributed by atoms with Crippen molar-refractivity contribution < 1.29 is 14.3 Å². The Morgan fingerprint density at radius 1 is 1.24 bits per heavy atom. The first-order valence-corrected chi connectivity index (χ1v) is 7.37. The molecule has 0 aliphatic heterocycles. The standard InChI is InChI=1S/C18H14N4O3/c1-3-11-25-16-12-14(18(23)24-2)9-10-15(16)22-20-17(19-21-22)13-7-5-4-6-8-13/h1,4-10,12H,11H2,2H3. The zero-order chi connectivity index (χ0) is 17.6. The molecule has 0 radical (unpaired) electrons. The fourth-order valence-electron chi connectivity index (χ4n) is 2.18. The van der Waals surface area contributed by atoms with E-state index in [0.717, 1.165) is 5.56 Å². The minimum absolute atomic E-state index is 0.0395. The van der Waals surface area contributed by atoms with Crippen molar-refractivity contribution in [1.82, 2.24) is 20.2 Å². The molecular formula is C18H14N4O3. The number of rotatable bonds is 5. The number of tetrazole rings is 1. The number of ether oxygens (including phenoxy) is 2. The maximum absolute atomic E-state index is 11.7. The van der Waals surface area contributed by atoms with Crippen molar-refractivity contribution in [1.29, 1.82) is 0 Å². The van der Waals surface area contributed by atoms with Crippen LogP contribution in [0.25, 0.3) is 17.1 Å². The monoisotopic (exact) mass is 334 g/mol. The van der Waals surface area contributed by atoms with E-state index in [1.165, 1.54) is 18.0 Å². The summed E-state index contributed by atoms with van der Waals surface area (Å²) in [4.78, 5) is 13.0. The lowest BCUT2D eigenvalue weighted by molar-refractivity contribution is 0.0600. The van der Waals surface area contributed by atoms with Gasteiger partial charge in [0.1, 0.15) is 18.0 Å². The van der Waals surface area contributed by atoms with E-state index < -0.39 is 5.97 Å². The van der Waals surface area contributed by atoms with E-state index in [9.17, 15) is 4.79 Å². The second kappa shape index (κ2) is 7.27. The summed E-state index contributed by atoms with van der Waals surface area (Å²) in [7, 11) is 1.31. The Bertz CT molecular complexity index is 929. The number of terminal acetylenes is 1. The molecule has 1 heterocycles. The molecule has 0 amide bonds. The molecule has 0 unspecified atom stereocenters. The maximum atomic E-state index is 11.7. The number of carbonyl (C=O) groups is 1. The lowest BCUT2D eigenvalue weighted by Gasteiger charge is -2.09. The predicted molar refractivity (Wildman–Crippen MR) is 90.3 cm³/mol. The van der Waals surface area contributed by atoms with Crippen LogP contribution in [0.3, 0.4) is 0 Å². The molecule has 0 N–H and O–H groups in total. The molecule has 0 saturated heterocycles. The van der Waals surface area contributed by atoms with Gasteiger partial charge in [0.15, 0.2) is 0 Å². The van der Waals surface area contributed by atoms with Crippen LogP contribution < -0.4 is 4.74 Å². The summed E-state index contributed by atoms with van der Waals surface area (Å²) in [5.41, 5.74) is 1.69. The molecular weight excluding hydrogens is 320 g/mol. The zero-order valence-electron chi connectivity index (χ0n) is 13.4. The van der Waals surface area contributed by atoms with Crippen LogP contribution in [0.4, 0.5) is 0 Å². The number of hydrogen-bond donors (Lipinski definition) is 0. The summed E-state index contributed by atoms with van der Waals surface area (Å²) >= 11 is 0. The third-order valence-corrected chi connectivity index (χ3v) is 3.35. The topological polar surface area (TPSA) is 79.1 Å². The highest BCUT2D eigenvalue weighted by Crippen LogP contribution is 2.24. The molecule has 0 spiro atoms. The average Bonchev–Trinajstić information content (AvgIpc) is 3.16. The van der Waals surface area contributed by atoms with Crippen LogP contribution in [0.2, 0.25) is 0 Å². The SMILES string of the molecule is C#CCOc1cc(C(=O)OC)ccc1-n1nnc(-c2ccccc2)n1. The summed E-state index contributed by atoms with van der Waals surface area (Å²) in [5.74, 6) is 2.74. The minimum Gasteiger partial charge on any atom is -0.479 e. The molecule has 0 saturated carbocycles. The molecule has 3 rings (SSSR count). The Balaban J connectivity index is 2.00. The minimum atomic E-state index is -0.478. The molecule has 7 nitrogen and oxygen atoms in total. The van der Waals surface area contributed by atoms with Gasteiger partial charge >= 0.3 is 5.97 Å². The van der Waals surface area contributed by atoms with Crippen LogP contribution >= 0.6 is 0 Å². The van der Waals surface area contributed by atoms with Gasteiger partial charge in [0.2, 0.25) is 5.82 Å². The van der Waals surface area contributed by atoms with Gasteiger partial charge in [-0.15, -0.1) is 21.4 Å². The van der Waals surface area contributed by atoms with Crippen molar-refractivity contribution in [2.45, 2.75) is 0 Å². The molecule has 0 bridgehead atoms. The second-order valence-corrected chi connectivity index (χ2v) is 4.94. The number of esters is 1. The Hall–Kier alpha value is -3.66. The Labute approximate surface area is 144 Å². The van der Waals surface area contributed by atoms with Crippen molar-refractivity contribution in [2.75, 3.05) is 13.7 Å². The van der Waals surface area contributed by atoms with Gasteiger partial charge in [0, 0.05) is 5.56 Å². The molecule has 0 fully saturated rings. The summed E-state index contributed by atoms with van der Waals surface area (Å²) < 4.78 is 10.2. The highest BCUT2D eigenvalue weighted by atomic mass is 16.5. The first-order chi connectivity index (χ1) is 12.2. The molecule has 7 heteroatoms. The molecule has 0 atom stereocenters. The largest absolute Gasteiger partial charge is 0.479 e. The maximum Gasteiger partial charge on any atom is 0.337 e. The lowest BCUT2D eigenvalue weighted by Crippen LogP contribution is -2.07. The van der Waals surface area contributed by atoms with Crippen LogP contribution in [-0.2, 0) is 4.74 Å². The average molecular weight is 334 g/mol. The summed E-state index contributed by atoms with van der Waals surface area (Å²) in [5, 5.41) is 12.5. The lowest BCUT2D eigenvalue weighted by atomic mass is 10.2. The normalized spacial score (nSPS) is 10.1. The Morgan fingerprint density at radius 3 is 2.76 bits per heavy atom. The van der Waals surface area contributed by atoms with Gasteiger partial charge in [-0.3, -0.25) is 0 Å². The molecule has 124 valence electrons.